The van der Waals surface area contributed by atoms with Crippen molar-refractivity contribution in [2.24, 2.45) is 0 Å². The summed E-state index contributed by atoms with van der Waals surface area (Å²) < 4.78 is 0.757. The van der Waals surface area contributed by atoms with Gasteiger partial charge >= 0.3 is 0 Å². The van der Waals surface area contributed by atoms with E-state index in [4.69, 9.17) is 17.5 Å². The van der Waals surface area contributed by atoms with E-state index in [0.29, 0.717) is 5.56 Å². The lowest BCUT2D eigenvalue weighted by atomic mass is 10.2. The number of benzene rings is 1. The monoisotopic (exact) mass is 222 g/mol. The topological polar surface area (TPSA) is 27.0 Å². The van der Waals surface area contributed by atoms with Crippen molar-refractivity contribution in [3.63, 3.8) is 0 Å². The second-order valence-corrected chi connectivity index (χ2v) is 4.55. The van der Waals surface area contributed by atoms with Crippen LogP contribution in [0.1, 0.15) is 5.56 Å². The minimum Gasteiger partial charge on any atom is -0.363 e. The van der Waals surface area contributed by atoms with Crippen molar-refractivity contribution in [2.45, 2.75) is 4.90 Å². The van der Waals surface area contributed by atoms with Crippen LogP contribution in [0.4, 0.5) is 0 Å². The van der Waals surface area contributed by atoms with Gasteiger partial charge in [0, 0.05) is 19.0 Å². The Labute approximate surface area is 93.5 Å². The smallest absolute Gasteiger partial charge is 0.140 e. The predicted octanol–water partition coefficient (Wildman–Crippen LogP) is 2.50. The Morgan fingerprint density at radius 3 is 2.64 bits per heavy atom. The zero-order chi connectivity index (χ0) is 10.6. The van der Waals surface area contributed by atoms with Crippen LogP contribution in [0.15, 0.2) is 29.2 Å². The first-order valence-corrected chi connectivity index (χ1v) is 5.26. The molecule has 0 aliphatic rings. The molecule has 0 saturated heterocycles. The van der Waals surface area contributed by atoms with E-state index in [1.807, 2.05) is 37.2 Å². The van der Waals surface area contributed by atoms with Crippen LogP contribution in [0.5, 0.6) is 0 Å². The number of rotatable bonds is 1. The van der Waals surface area contributed by atoms with Crippen molar-refractivity contribution < 1.29 is 0 Å². The van der Waals surface area contributed by atoms with Crippen LogP contribution in [-0.4, -0.2) is 23.3 Å². The second kappa shape index (κ2) is 4.99. The average Bonchev–Trinajstić information content (AvgIpc) is 2.18. The molecule has 0 aliphatic heterocycles. The predicted molar refractivity (Wildman–Crippen MR) is 63.3 cm³/mol. The lowest BCUT2D eigenvalue weighted by Crippen LogP contribution is -2.15. The molecule has 72 valence electrons. The first-order valence-electron chi connectivity index (χ1n) is 4.03. The summed E-state index contributed by atoms with van der Waals surface area (Å²) in [6.07, 6.45) is 0. The number of nitrogens with zero attached hydrogens (tertiary/aromatic N) is 2. The maximum absolute atomic E-state index is 8.85. The minimum atomic E-state index is 0.668. The van der Waals surface area contributed by atoms with Crippen LogP contribution < -0.4 is 0 Å². The Bertz CT molecular complexity index is 380. The molecule has 0 heterocycles. The minimum absolute atomic E-state index is 0.668. The van der Waals surface area contributed by atoms with E-state index in [1.165, 1.54) is 11.8 Å². The lowest BCUT2D eigenvalue weighted by Gasteiger charge is -2.12. The Balaban J connectivity index is 2.87. The van der Waals surface area contributed by atoms with Gasteiger partial charge in [0.2, 0.25) is 0 Å². The van der Waals surface area contributed by atoms with Crippen molar-refractivity contribution >= 4 is 28.3 Å². The zero-order valence-electron chi connectivity index (χ0n) is 8.02. The summed E-state index contributed by atoms with van der Waals surface area (Å²) in [5, 5.41) is 8.85. The quantitative estimate of drug-likeness (QED) is 0.539. The molecule has 0 saturated carbocycles. The van der Waals surface area contributed by atoms with Gasteiger partial charge in [0.15, 0.2) is 0 Å². The standard InChI is InChI=1S/C10H10N2S2/c1-12(2)10(13)14-9-6-4-3-5-8(9)7-11/h3-6H,1-2H3. The van der Waals surface area contributed by atoms with Crippen LogP contribution >= 0.6 is 24.0 Å². The Kier molecular flexibility index (Phi) is 3.93. The van der Waals surface area contributed by atoms with Gasteiger partial charge in [-0.3, -0.25) is 0 Å². The Morgan fingerprint density at radius 2 is 2.07 bits per heavy atom. The molecule has 0 bridgehead atoms. The first-order chi connectivity index (χ1) is 6.65. The van der Waals surface area contributed by atoms with Gasteiger partial charge in [-0.1, -0.05) is 36.1 Å². The molecule has 4 heteroatoms. The van der Waals surface area contributed by atoms with E-state index in [-0.39, 0.29) is 0 Å². The summed E-state index contributed by atoms with van der Waals surface area (Å²) in [5.74, 6) is 0. The summed E-state index contributed by atoms with van der Waals surface area (Å²) >= 11 is 6.58. The third-order valence-electron chi connectivity index (χ3n) is 1.57. The Morgan fingerprint density at radius 1 is 1.43 bits per heavy atom. The molecule has 0 fully saturated rings. The fourth-order valence-electron chi connectivity index (χ4n) is 0.833. The van der Waals surface area contributed by atoms with Crippen molar-refractivity contribution in [2.75, 3.05) is 14.1 Å². The second-order valence-electron chi connectivity index (χ2n) is 2.87. The van der Waals surface area contributed by atoms with Crippen LogP contribution in [0.25, 0.3) is 0 Å². The van der Waals surface area contributed by atoms with E-state index in [1.54, 1.807) is 6.07 Å². The van der Waals surface area contributed by atoms with Gasteiger partial charge in [-0.15, -0.1) is 0 Å². The summed E-state index contributed by atoms with van der Waals surface area (Å²) in [6, 6.07) is 9.59. The molecule has 1 rings (SSSR count). The highest BCUT2D eigenvalue weighted by Crippen LogP contribution is 2.24. The maximum Gasteiger partial charge on any atom is 0.140 e. The van der Waals surface area contributed by atoms with Gasteiger partial charge in [0.1, 0.15) is 10.4 Å². The third-order valence-corrected chi connectivity index (χ3v) is 3.30. The molecule has 14 heavy (non-hydrogen) atoms. The van der Waals surface area contributed by atoms with E-state index in [0.717, 1.165) is 9.22 Å². The van der Waals surface area contributed by atoms with Gasteiger partial charge in [-0.05, 0) is 12.1 Å². The molecule has 0 aromatic heterocycles. The van der Waals surface area contributed by atoms with Crippen LogP contribution in [-0.2, 0) is 0 Å². The molecule has 1 aromatic rings. The van der Waals surface area contributed by atoms with Crippen LogP contribution in [0, 0.1) is 11.3 Å². The maximum atomic E-state index is 8.85. The first kappa shape index (κ1) is 11.0. The van der Waals surface area contributed by atoms with E-state index in [2.05, 4.69) is 6.07 Å². The summed E-state index contributed by atoms with van der Waals surface area (Å²) in [6.45, 7) is 0. The largest absolute Gasteiger partial charge is 0.363 e. The molecule has 0 unspecified atom stereocenters. The van der Waals surface area contributed by atoms with Crippen molar-refractivity contribution in [3.05, 3.63) is 29.8 Å². The molecule has 0 amide bonds. The number of hydrogen-bond donors (Lipinski definition) is 0. The van der Waals surface area contributed by atoms with E-state index < -0.39 is 0 Å². The number of hydrogen-bond acceptors (Lipinski definition) is 3. The molecular formula is C10H10N2S2. The van der Waals surface area contributed by atoms with Crippen molar-refractivity contribution in [1.82, 2.24) is 4.90 Å². The summed E-state index contributed by atoms with van der Waals surface area (Å²) in [4.78, 5) is 2.77. The molecule has 0 spiro atoms. The SMILES string of the molecule is CN(C)C(=S)Sc1ccccc1C#N. The highest BCUT2D eigenvalue weighted by atomic mass is 32.2. The lowest BCUT2D eigenvalue weighted by molar-refractivity contribution is 0.648. The Hall–Kier alpha value is -1.05. The number of nitriles is 1. The average molecular weight is 222 g/mol. The molecule has 0 atom stereocenters. The van der Waals surface area contributed by atoms with Gasteiger partial charge in [0.05, 0.1) is 5.56 Å². The molecule has 1 aromatic carbocycles. The molecule has 0 radical (unpaired) electrons. The zero-order valence-corrected chi connectivity index (χ0v) is 9.65. The molecule has 0 aliphatic carbocycles. The van der Waals surface area contributed by atoms with Gasteiger partial charge in [-0.25, -0.2) is 0 Å². The fourth-order valence-corrected chi connectivity index (χ4v) is 1.84. The van der Waals surface area contributed by atoms with Gasteiger partial charge < -0.3 is 4.90 Å². The summed E-state index contributed by atoms with van der Waals surface area (Å²) in [5.41, 5.74) is 0.668. The number of thioether (sulfide) groups is 1. The van der Waals surface area contributed by atoms with Gasteiger partial charge in [0.25, 0.3) is 0 Å². The number of thiocarbonyl (C=S) groups is 1. The van der Waals surface area contributed by atoms with Crippen LogP contribution in [0.3, 0.4) is 0 Å². The highest BCUT2D eigenvalue weighted by molar-refractivity contribution is 8.23. The highest BCUT2D eigenvalue weighted by Gasteiger charge is 2.06. The van der Waals surface area contributed by atoms with Gasteiger partial charge in [-0.2, -0.15) is 5.26 Å². The van der Waals surface area contributed by atoms with E-state index >= 15 is 0 Å². The van der Waals surface area contributed by atoms with Crippen molar-refractivity contribution in [3.8, 4) is 6.07 Å². The molecule has 2 nitrogen and oxygen atoms in total. The van der Waals surface area contributed by atoms with Crippen molar-refractivity contribution in [1.29, 1.82) is 5.26 Å². The molecule has 0 N–H and O–H groups in total. The van der Waals surface area contributed by atoms with Crippen LogP contribution in [0.2, 0.25) is 0 Å². The molecular weight excluding hydrogens is 212 g/mol. The van der Waals surface area contributed by atoms with E-state index in [9.17, 15) is 0 Å². The third kappa shape index (κ3) is 2.72. The fraction of sp³-hybridized carbons (Fsp3) is 0.200. The normalized spacial score (nSPS) is 9.21. The summed E-state index contributed by atoms with van der Waals surface area (Å²) in [7, 11) is 3.79.